The number of fused-ring (bicyclic) bond motifs is 1. The van der Waals surface area contributed by atoms with Crippen molar-refractivity contribution in [2.45, 2.75) is 19.4 Å². The van der Waals surface area contributed by atoms with E-state index in [1.165, 1.54) is 0 Å². The molecule has 0 radical (unpaired) electrons. The predicted molar refractivity (Wildman–Crippen MR) is 113 cm³/mol. The minimum absolute atomic E-state index is 0.0885. The van der Waals surface area contributed by atoms with Gasteiger partial charge in [0.25, 0.3) is 0 Å². The SMILES string of the molecule is CCNC(=O)C[C@@H]1N=C(c2ccc(Cl)cc2)c2cc(OC)ccc2NC1=S. The molecule has 0 spiro atoms. The number of carbonyl (C=O) groups excluding carboxylic acids is 1. The summed E-state index contributed by atoms with van der Waals surface area (Å²) in [6.07, 6.45) is 0.182. The molecule has 5 nitrogen and oxygen atoms in total. The summed E-state index contributed by atoms with van der Waals surface area (Å²) in [6.45, 7) is 2.45. The molecule has 0 unspecified atom stereocenters. The molecule has 0 aromatic heterocycles. The lowest BCUT2D eigenvalue weighted by Crippen LogP contribution is -2.32. The van der Waals surface area contributed by atoms with Crippen LogP contribution in [0.15, 0.2) is 47.5 Å². The maximum absolute atomic E-state index is 12.1. The molecule has 2 N–H and O–H groups in total. The Morgan fingerprint density at radius 3 is 2.70 bits per heavy atom. The molecule has 1 aliphatic rings. The number of methoxy groups -OCH3 is 1. The number of benzene rings is 2. The predicted octanol–water partition coefficient (Wildman–Crippen LogP) is 3.83. The summed E-state index contributed by atoms with van der Waals surface area (Å²) >= 11 is 11.6. The van der Waals surface area contributed by atoms with Crippen LogP contribution in [0.25, 0.3) is 0 Å². The molecule has 3 rings (SSSR count). The first-order valence-corrected chi connectivity index (χ1v) is 9.40. The molecule has 1 aliphatic heterocycles. The Bertz CT molecular complexity index is 897. The Labute approximate surface area is 168 Å². The van der Waals surface area contributed by atoms with Crippen molar-refractivity contribution in [2.75, 3.05) is 19.0 Å². The smallest absolute Gasteiger partial charge is 0.222 e. The van der Waals surface area contributed by atoms with Gasteiger partial charge in [-0.1, -0.05) is 36.0 Å². The first-order valence-electron chi connectivity index (χ1n) is 8.61. The van der Waals surface area contributed by atoms with Crippen LogP contribution in [0.2, 0.25) is 5.02 Å². The summed E-state index contributed by atoms with van der Waals surface area (Å²) in [5, 5.41) is 6.68. The van der Waals surface area contributed by atoms with Crippen molar-refractivity contribution in [2.24, 2.45) is 4.99 Å². The molecule has 1 amide bonds. The van der Waals surface area contributed by atoms with Crippen LogP contribution in [-0.2, 0) is 4.79 Å². The maximum atomic E-state index is 12.1. The molecule has 0 fully saturated rings. The van der Waals surface area contributed by atoms with Crippen LogP contribution in [0.4, 0.5) is 5.69 Å². The second-order valence-corrected chi connectivity index (χ2v) is 6.94. The second-order valence-electron chi connectivity index (χ2n) is 6.06. The van der Waals surface area contributed by atoms with Gasteiger partial charge in [-0.15, -0.1) is 0 Å². The van der Waals surface area contributed by atoms with Gasteiger partial charge in [0.15, 0.2) is 0 Å². The van der Waals surface area contributed by atoms with Gasteiger partial charge in [-0.3, -0.25) is 9.79 Å². The molecular weight excluding hydrogens is 382 g/mol. The Morgan fingerprint density at radius 2 is 2.04 bits per heavy atom. The van der Waals surface area contributed by atoms with Gasteiger partial charge in [-0.25, -0.2) is 0 Å². The topological polar surface area (TPSA) is 62.7 Å². The molecule has 0 saturated carbocycles. The number of anilines is 1. The van der Waals surface area contributed by atoms with Gasteiger partial charge in [-0.2, -0.15) is 0 Å². The lowest BCUT2D eigenvalue weighted by Gasteiger charge is -2.13. The molecule has 0 aliphatic carbocycles. The van der Waals surface area contributed by atoms with E-state index >= 15 is 0 Å². The van der Waals surface area contributed by atoms with Gasteiger partial charge in [0.05, 0.1) is 19.2 Å². The molecule has 7 heteroatoms. The zero-order valence-corrected chi connectivity index (χ0v) is 16.7. The monoisotopic (exact) mass is 401 g/mol. The fourth-order valence-corrected chi connectivity index (χ4v) is 3.25. The number of benzodiazepines with no additional fused rings is 1. The Morgan fingerprint density at radius 1 is 1.30 bits per heavy atom. The van der Waals surface area contributed by atoms with Crippen molar-refractivity contribution >= 4 is 46.1 Å². The standard InChI is InChI=1S/C20H20ClN3O2S/c1-3-22-18(25)11-17-20(27)24-16-9-8-14(26-2)10-15(16)19(23-17)12-4-6-13(21)7-5-12/h4-10,17H,3,11H2,1-2H3,(H,22,25)(H,24,27)/t17-/m0/s1. The van der Waals surface area contributed by atoms with Crippen LogP contribution in [0, 0.1) is 0 Å². The third kappa shape index (κ3) is 4.46. The Hall–Kier alpha value is -2.44. The zero-order chi connectivity index (χ0) is 19.4. The molecule has 1 atom stereocenters. The number of amides is 1. The van der Waals surface area contributed by atoms with Crippen molar-refractivity contribution in [1.82, 2.24) is 5.32 Å². The van der Waals surface area contributed by atoms with Crippen LogP contribution >= 0.6 is 23.8 Å². The molecule has 140 valence electrons. The first kappa shape index (κ1) is 19.3. The maximum Gasteiger partial charge on any atom is 0.222 e. The van der Waals surface area contributed by atoms with Crippen molar-refractivity contribution in [3.05, 3.63) is 58.6 Å². The van der Waals surface area contributed by atoms with Crippen molar-refractivity contribution < 1.29 is 9.53 Å². The number of nitrogens with zero attached hydrogens (tertiary/aromatic N) is 1. The normalized spacial score (nSPS) is 15.9. The summed E-state index contributed by atoms with van der Waals surface area (Å²) in [7, 11) is 1.62. The third-order valence-electron chi connectivity index (χ3n) is 4.20. The number of aliphatic imine (C=N–C) groups is 1. The molecular formula is C20H20ClN3O2S. The summed E-state index contributed by atoms with van der Waals surface area (Å²) in [5.41, 5.74) is 3.31. The number of carbonyl (C=O) groups is 1. The lowest BCUT2D eigenvalue weighted by atomic mass is 10.00. The van der Waals surface area contributed by atoms with E-state index in [9.17, 15) is 4.79 Å². The summed E-state index contributed by atoms with van der Waals surface area (Å²) in [6, 6.07) is 12.6. The van der Waals surface area contributed by atoms with Gasteiger partial charge < -0.3 is 15.4 Å². The van der Waals surface area contributed by atoms with E-state index in [4.69, 9.17) is 33.5 Å². The highest BCUT2D eigenvalue weighted by molar-refractivity contribution is 7.80. The summed E-state index contributed by atoms with van der Waals surface area (Å²) in [4.78, 5) is 17.5. The highest BCUT2D eigenvalue weighted by Crippen LogP contribution is 2.29. The number of thiocarbonyl (C=S) groups is 1. The number of rotatable bonds is 5. The van der Waals surface area contributed by atoms with E-state index in [1.54, 1.807) is 7.11 Å². The minimum Gasteiger partial charge on any atom is -0.497 e. The van der Waals surface area contributed by atoms with Gasteiger partial charge in [0.2, 0.25) is 5.91 Å². The van der Waals surface area contributed by atoms with E-state index in [-0.39, 0.29) is 12.3 Å². The number of hydrogen-bond donors (Lipinski definition) is 2. The minimum atomic E-state index is -0.462. The van der Waals surface area contributed by atoms with Crippen LogP contribution in [-0.4, -0.2) is 36.3 Å². The second kappa shape index (κ2) is 8.50. The molecule has 1 heterocycles. The number of ether oxygens (including phenoxy) is 1. The molecule has 0 bridgehead atoms. The first-order chi connectivity index (χ1) is 13.0. The lowest BCUT2D eigenvalue weighted by molar-refractivity contribution is -0.121. The number of hydrogen-bond acceptors (Lipinski definition) is 4. The van der Waals surface area contributed by atoms with Gasteiger partial charge >= 0.3 is 0 Å². The van der Waals surface area contributed by atoms with Crippen LogP contribution in [0.3, 0.4) is 0 Å². The van der Waals surface area contributed by atoms with E-state index < -0.39 is 6.04 Å². The van der Waals surface area contributed by atoms with E-state index in [0.717, 1.165) is 22.5 Å². The molecule has 0 saturated heterocycles. The number of halogens is 1. The fraction of sp³-hybridized carbons (Fsp3) is 0.250. The largest absolute Gasteiger partial charge is 0.497 e. The van der Waals surface area contributed by atoms with Crippen molar-refractivity contribution in [3.8, 4) is 5.75 Å². The highest BCUT2D eigenvalue weighted by Gasteiger charge is 2.25. The van der Waals surface area contributed by atoms with E-state index in [0.29, 0.717) is 22.3 Å². The van der Waals surface area contributed by atoms with Gasteiger partial charge in [0.1, 0.15) is 16.8 Å². The fourth-order valence-electron chi connectivity index (χ4n) is 2.88. The quantitative estimate of drug-likeness (QED) is 0.747. The van der Waals surface area contributed by atoms with Crippen molar-refractivity contribution in [1.29, 1.82) is 0 Å². The Balaban J connectivity index is 2.10. The highest BCUT2D eigenvalue weighted by atomic mass is 35.5. The average Bonchev–Trinajstić information content (AvgIpc) is 2.79. The van der Waals surface area contributed by atoms with E-state index in [1.807, 2.05) is 49.4 Å². The van der Waals surface area contributed by atoms with Crippen LogP contribution in [0.1, 0.15) is 24.5 Å². The summed E-state index contributed by atoms with van der Waals surface area (Å²) < 4.78 is 5.37. The average molecular weight is 402 g/mol. The zero-order valence-electron chi connectivity index (χ0n) is 15.1. The Kier molecular flexibility index (Phi) is 6.08. The van der Waals surface area contributed by atoms with Crippen LogP contribution in [0.5, 0.6) is 5.75 Å². The molecule has 2 aromatic carbocycles. The summed E-state index contributed by atoms with van der Waals surface area (Å²) in [5.74, 6) is 0.625. The van der Waals surface area contributed by atoms with Crippen LogP contribution < -0.4 is 15.4 Å². The van der Waals surface area contributed by atoms with Gasteiger partial charge in [0, 0.05) is 28.4 Å². The van der Waals surface area contributed by atoms with Crippen molar-refractivity contribution in [3.63, 3.8) is 0 Å². The van der Waals surface area contributed by atoms with Gasteiger partial charge in [-0.05, 0) is 37.3 Å². The molecule has 2 aromatic rings. The number of nitrogens with one attached hydrogen (secondary N) is 2. The van der Waals surface area contributed by atoms with E-state index in [2.05, 4.69) is 10.6 Å². The third-order valence-corrected chi connectivity index (χ3v) is 4.82. The molecule has 27 heavy (non-hydrogen) atoms.